The molecule has 3 nitrogen and oxygen atoms in total. The van der Waals surface area contributed by atoms with Crippen LogP contribution in [0.25, 0.3) is 12.2 Å². The molecule has 0 saturated carbocycles. The lowest BCUT2D eigenvalue weighted by Gasteiger charge is -2.16. The summed E-state index contributed by atoms with van der Waals surface area (Å²) in [5, 5.41) is 0. The average Bonchev–Trinajstić information content (AvgIpc) is 3.19. The van der Waals surface area contributed by atoms with Gasteiger partial charge in [-0.3, -0.25) is 0 Å². The van der Waals surface area contributed by atoms with Crippen LogP contribution in [0.15, 0.2) is 101 Å². The number of allylic oxidation sites excluding steroid dienone is 1. The van der Waals surface area contributed by atoms with E-state index in [0.717, 1.165) is 28.7 Å². The lowest BCUT2D eigenvalue weighted by Crippen LogP contribution is -2.28. The zero-order chi connectivity index (χ0) is 21.7. The van der Waals surface area contributed by atoms with Crippen molar-refractivity contribution in [3.63, 3.8) is 0 Å². The summed E-state index contributed by atoms with van der Waals surface area (Å²) < 4.78 is 28.1. The number of rotatable bonds is 6. The van der Waals surface area contributed by atoms with Gasteiger partial charge in [0.1, 0.15) is 0 Å². The largest absolute Gasteiger partial charge is 0.243 e. The minimum atomic E-state index is -3.52. The molecule has 1 atom stereocenters. The molecule has 1 aliphatic rings. The van der Waals surface area contributed by atoms with Crippen molar-refractivity contribution in [3.8, 4) is 0 Å². The Morgan fingerprint density at radius 1 is 0.871 bits per heavy atom. The van der Waals surface area contributed by atoms with Crippen molar-refractivity contribution in [2.75, 3.05) is 13.1 Å². The minimum Gasteiger partial charge on any atom is -0.207 e. The van der Waals surface area contributed by atoms with Crippen molar-refractivity contribution in [1.82, 2.24) is 4.31 Å². The van der Waals surface area contributed by atoms with Crippen LogP contribution in [0.2, 0.25) is 0 Å². The Morgan fingerprint density at radius 2 is 1.48 bits per heavy atom. The van der Waals surface area contributed by atoms with E-state index in [1.807, 2.05) is 55.5 Å². The Balaban J connectivity index is 1.59. The molecule has 0 aromatic heterocycles. The molecular weight excluding hydrogens is 402 g/mol. The first kappa shape index (κ1) is 21.3. The second kappa shape index (κ2) is 9.46. The molecule has 0 radical (unpaired) electrons. The van der Waals surface area contributed by atoms with Crippen molar-refractivity contribution in [1.29, 1.82) is 0 Å². The maximum atomic E-state index is 13.3. The summed E-state index contributed by atoms with van der Waals surface area (Å²) in [6, 6.07) is 27.4. The normalized spacial score (nSPS) is 18.7. The van der Waals surface area contributed by atoms with Crippen molar-refractivity contribution in [2.45, 2.75) is 18.2 Å². The van der Waals surface area contributed by atoms with Crippen LogP contribution in [0.1, 0.15) is 23.1 Å². The number of nitrogens with zero attached hydrogens (tertiary/aromatic N) is 1. The topological polar surface area (TPSA) is 37.4 Å². The highest BCUT2D eigenvalue weighted by Gasteiger charge is 2.35. The van der Waals surface area contributed by atoms with E-state index in [4.69, 9.17) is 0 Å². The maximum Gasteiger partial charge on any atom is 0.243 e. The first-order valence-electron chi connectivity index (χ1n) is 10.6. The van der Waals surface area contributed by atoms with Crippen LogP contribution in [-0.4, -0.2) is 25.8 Å². The van der Waals surface area contributed by atoms with Gasteiger partial charge < -0.3 is 0 Å². The summed E-state index contributed by atoms with van der Waals surface area (Å²) >= 11 is 0. The lowest BCUT2D eigenvalue weighted by atomic mass is 9.96. The molecule has 1 unspecified atom stereocenters. The quantitative estimate of drug-likeness (QED) is 0.496. The van der Waals surface area contributed by atoms with Crippen LogP contribution in [-0.2, 0) is 10.0 Å². The second-order valence-electron chi connectivity index (χ2n) is 7.99. The molecule has 0 aliphatic carbocycles. The molecule has 31 heavy (non-hydrogen) atoms. The summed E-state index contributed by atoms with van der Waals surface area (Å²) in [5.74, 6) is 0.153. The van der Waals surface area contributed by atoms with E-state index < -0.39 is 10.0 Å². The number of aryl methyl sites for hydroxylation is 1. The molecular formula is C27H27NO2S. The Bertz CT molecular complexity index is 1160. The summed E-state index contributed by atoms with van der Waals surface area (Å²) in [6.45, 7) is 2.88. The predicted molar refractivity (Wildman–Crippen MR) is 128 cm³/mol. The van der Waals surface area contributed by atoms with Gasteiger partial charge in [0.15, 0.2) is 0 Å². The van der Waals surface area contributed by atoms with Crippen LogP contribution in [0.4, 0.5) is 0 Å². The van der Waals surface area contributed by atoms with Gasteiger partial charge in [-0.1, -0.05) is 96.6 Å². The molecule has 4 rings (SSSR count). The number of sulfonamides is 1. The van der Waals surface area contributed by atoms with Crippen molar-refractivity contribution in [3.05, 3.63) is 113 Å². The molecule has 1 aliphatic heterocycles. The highest BCUT2D eigenvalue weighted by Crippen LogP contribution is 2.32. The highest BCUT2D eigenvalue weighted by molar-refractivity contribution is 7.89. The summed E-state index contributed by atoms with van der Waals surface area (Å²) in [4.78, 5) is 0.359. The van der Waals surface area contributed by atoms with Gasteiger partial charge in [0.2, 0.25) is 10.0 Å². The van der Waals surface area contributed by atoms with Crippen molar-refractivity contribution < 1.29 is 8.42 Å². The van der Waals surface area contributed by atoms with Gasteiger partial charge in [0.25, 0.3) is 0 Å². The molecule has 0 spiro atoms. The Labute approximate surface area is 185 Å². The van der Waals surface area contributed by atoms with Gasteiger partial charge in [-0.25, -0.2) is 8.42 Å². The fraction of sp³-hybridized carbons (Fsp3) is 0.185. The van der Waals surface area contributed by atoms with Crippen LogP contribution in [0.3, 0.4) is 0 Å². The number of benzene rings is 3. The molecule has 3 aromatic carbocycles. The van der Waals surface area contributed by atoms with Gasteiger partial charge >= 0.3 is 0 Å². The summed E-state index contributed by atoms with van der Waals surface area (Å²) in [7, 11) is -3.52. The molecule has 1 fully saturated rings. The van der Waals surface area contributed by atoms with Gasteiger partial charge in [0, 0.05) is 13.1 Å². The van der Waals surface area contributed by atoms with Gasteiger partial charge in [-0.15, -0.1) is 0 Å². The van der Waals surface area contributed by atoms with Crippen LogP contribution in [0.5, 0.6) is 0 Å². The molecule has 1 heterocycles. The molecule has 0 N–H and O–H groups in total. The van der Waals surface area contributed by atoms with E-state index in [2.05, 4.69) is 42.5 Å². The third-order valence-electron chi connectivity index (χ3n) is 5.65. The van der Waals surface area contributed by atoms with Crippen LogP contribution < -0.4 is 0 Å². The van der Waals surface area contributed by atoms with Crippen LogP contribution in [0, 0.1) is 12.8 Å². The van der Waals surface area contributed by atoms with E-state index in [0.29, 0.717) is 18.0 Å². The molecule has 3 aromatic rings. The van der Waals surface area contributed by atoms with E-state index in [1.165, 1.54) is 0 Å². The maximum absolute atomic E-state index is 13.3. The standard InChI is InChI=1S/C27H27NO2S/c1-22-15-17-27(18-16-22)31(29,30)28-20-25(14-8-13-23-9-4-2-5-10-23)26(21-28)19-24-11-6-3-7-12-24/h2-13,15-19,25H,14,20-21H2,1H3/b13-8+,26-19+. The van der Waals surface area contributed by atoms with Crippen molar-refractivity contribution >= 4 is 22.2 Å². The first-order valence-corrected chi connectivity index (χ1v) is 12.0. The lowest BCUT2D eigenvalue weighted by molar-refractivity contribution is 0.458. The fourth-order valence-corrected chi connectivity index (χ4v) is 5.36. The third-order valence-corrected chi connectivity index (χ3v) is 7.47. The van der Waals surface area contributed by atoms with E-state index in [-0.39, 0.29) is 5.92 Å². The fourth-order valence-electron chi connectivity index (χ4n) is 3.89. The Kier molecular flexibility index (Phi) is 6.50. The Morgan fingerprint density at radius 3 is 2.13 bits per heavy atom. The molecule has 1 saturated heterocycles. The highest BCUT2D eigenvalue weighted by atomic mass is 32.2. The SMILES string of the molecule is Cc1ccc(S(=O)(=O)N2C/C(=C\c3ccccc3)C(C/C=C/c3ccccc3)C2)cc1. The molecule has 0 amide bonds. The van der Waals surface area contributed by atoms with E-state index in [9.17, 15) is 8.42 Å². The summed E-state index contributed by atoms with van der Waals surface area (Å²) in [5.41, 5.74) is 4.45. The van der Waals surface area contributed by atoms with Crippen LogP contribution >= 0.6 is 0 Å². The molecule has 0 bridgehead atoms. The Hall–Kier alpha value is -2.95. The first-order chi connectivity index (χ1) is 15.0. The van der Waals surface area contributed by atoms with Gasteiger partial charge in [-0.2, -0.15) is 4.31 Å². The molecule has 158 valence electrons. The number of hydrogen-bond acceptors (Lipinski definition) is 2. The predicted octanol–water partition coefficient (Wildman–Crippen LogP) is 5.80. The molecule has 4 heteroatoms. The zero-order valence-electron chi connectivity index (χ0n) is 17.7. The van der Waals surface area contributed by atoms with Gasteiger partial charge in [-0.05, 0) is 48.1 Å². The monoisotopic (exact) mass is 429 g/mol. The third kappa shape index (κ3) is 5.22. The number of hydrogen-bond donors (Lipinski definition) is 0. The smallest absolute Gasteiger partial charge is 0.207 e. The van der Waals surface area contributed by atoms with E-state index in [1.54, 1.807) is 16.4 Å². The van der Waals surface area contributed by atoms with Crippen molar-refractivity contribution in [2.24, 2.45) is 5.92 Å². The minimum absolute atomic E-state index is 0.153. The second-order valence-corrected chi connectivity index (χ2v) is 9.92. The average molecular weight is 430 g/mol. The van der Waals surface area contributed by atoms with E-state index >= 15 is 0 Å². The summed E-state index contributed by atoms with van der Waals surface area (Å²) in [6.07, 6.45) is 7.21. The zero-order valence-corrected chi connectivity index (χ0v) is 18.5. The van der Waals surface area contributed by atoms with Gasteiger partial charge in [0.05, 0.1) is 4.90 Å².